The van der Waals surface area contributed by atoms with Crippen molar-refractivity contribution in [2.75, 3.05) is 6.61 Å². The van der Waals surface area contributed by atoms with Gasteiger partial charge in [0.25, 0.3) is 0 Å². The lowest BCUT2D eigenvalue weighted by atomic mass is 9.99. The van der Waals surface area contributed by atoms with E-state index in [2.05, 4.69) is 26.1 Å². The first-order chi connectivity index (χ1) is 7.69. The average molecular weight is 225 g/mol. The molecule has 0 spiro atoms. The molecule has 92 valence electrons. The Morgan fingerprint density at radius 3 is 2.62 bits per heavy atom. The molecule has 3 heteroatoms. The maximum absolute atomic E-state index is 9.04. The van der Waals surface area contributed by atoms with Crippen LogP contribution in [0.5, 0.6) is 0 Å². The standard InChI is InChI=1S/C13H23NO2/c1-4-11(13-6-5-9-16-13)14-12(7-8-15)10(2)3/h5-6,9-12,14-15H,4,7-8H2,1-3H3. The van der Waals surface area contributed by atoms with E-state index in [4.69, 9.17) is 9.52 Å². The van der Waals surface area contributed by atoms with E-state index >= 15 is 0 Å². The van der Waals surface area contributed by atoms with Crippen molar-refractivity contribution < 1.29 is 9.52 Å². The molecule has 0 saturated carbocycles. The summed E-state index contributed by atoms with van der Waals surface area (Å²) >= 11 is 0. The number of furan rings is 1. The van der Waals surface area contributed by atoms with Gasteiger partial charge in [0.15, 0.2) is 0 Å². The Hall–Kier alpha value is -0.800. The van der Waals surface area contributed by atoms with Crippen molar-refractivity contribution >= 4 is 0 Å². The van der Waals surface area contributed by atoms with Gasteiger partial charge in [-0.15, -0.1) is 0 Å². The van der Waals surface area contributed by atoms with Crippen molar-refractivity contribution in [3.8, 4) is 0 Å². The zero-order chi connectivity index (χ0) is 12.0. The molecule has 2 unspecified atom stereocenters. The molecule has 0 amide bonds. The van der Waals surface area contributed by atoms with Gasteiger partial charge in [-0.05, 0) is 30.9 Å². The van der Waals surface area contributed by atoms with E-state index in [1.54, 1.807) is 6.26 Å². The Kier molecular flexibility index (Phi) is 5.56. The van der Waals surface area contributed by atoms with Crippen molar-refractivity contribution in [3.05, 3.63) is 24.2 Å². The van der Waals surface area contributed by atoms with Crippen LogP contribution in [0.2, 0.25) is 0 Å². The highest BCUT2D eigenvalue weighted by atomic mass is 16.3. The molecule has 0 saturated heterocycles. The summed E-state index contributed by atoms with van der Waals surface area (Å²) in [4.78, 5) is 0. The minimum atomic E-state index is 0.227. The molecule has 1 heterocycles. The van der Waals surface area contributed by atoms with E-state index in [0.29, 0.717) is 12.0 Å². The van der Waals surface area contributed by atoms with Crippen LogP contribution in [-0.2, 0) is 0 Å². The van der Waals surface area contributed by atoms with Gasteiger partial charge in [0.1, 0.15) is 5.76 Å². The summed E-state index contributed by atoms with van der Waals surface area (Å²) in [7, 11) is 0. The third kappa shape index (κ3) is 3.65. The number of hydrogen-bond acceptors (Lipinski definition) is 3. The number of aliphatic hydroxyl groups excluding tert-OH is 1. The summed E-state index contributed by atoms with van der Waals surface area (Å²) in [6.45, 7) is 6.70. The minimum absolute atomic E-state index is 0.227. The Balaban J connectivity index is 2.60. The first-order valence-electron chi connectivity index (χ1n) is 6.09. The van der Waals surface area contributed by atoms with E-state index in [0.717, 1.165) is 18.6 Å². The molecule has 0 aliphatic rings. The van der Waals surface area contributed by atoms with Gasteiger partial charge in [0.2, 0.25) is 0 Å². The molecule has 1 aromatic rings. The summed E-state index contributed by atoms with van der Waals surface area (Å²) in [6.07, 6.45) is 3.48. The predicted octanol–water partition coefficient (Wildman–Crippen LogP) is 2.73. The number of rotatable bonds is 7. The first-order valence-corrected chi connectivity index (χ1v) is 6.09. The van der Waals surface area contributed by atoms with Gasteiger partial charge in [-0.3, -0.25) is 0 Å². The van der Waals surface area contributed by atoms with E-state index in [1.807, 2.05) is 12.1 Å². The molecule has 3 nitrogen and oxygen atoms in total. The van der Waals surface area contributed by atoms with Gasteiger partial charge >= 0.3 is 0 Å². The quantitative estimate of drug-likeness (QED) is 0.750. The van der Waals surface area contributed by atoms with Gasteiger partial charge in [-0.2, -0.15) is 0 Å². The molecule has 2 atom stereocenters. The molecule has 16 heavy (non-hydrogen) atoms. The highest BCUT2D eigenvalue weighted by Gasteiger charge is 2.19. The lowest BCUT2D eigenvalue weighted by Gasteiger charge is -2.26. The zero-order valence-corrected chi connectivity index (χ0v) is 10.4. The van der Waals surface area contributed by atoms with Gasteiger partial charge < -0.3 is 14.8 Å². The first kappa shape index (κ1) is 13.3. The maximum Gasteiger partial charge on any atom is 0.120 e. The molecular weight excluding hydrogens is 202 g/mol. The van der Waals surface area contributed by atoms with Crippen LogP contribution in [0.15, 0.2) is 22.8 Å². The lowest BCUT2D eigenvalue weighted by molar-refractivity contribution is 0.228. The molecule has 0 aromatic carbocycles. The van der Waals surface area contributed by atoms with Crippen molar-refractivity contribution in [2.45, 2.75) is 45.7 Å². The highest BCUT2D eigenvalue weighted by Crippen LogP contribution is 2.20. The minimum Gasteiger partial charge on any atom is -0.468 e. The molecule has 2 N–H and O–H groups in total. The topological polar surface area (TPSA) is 45.4 Å². The van der Waals surface area contributed by atoms with Crippen LogP contribution in [0.4, 0.5) is 0 Å². The normalized spacial score (nSPS) is 15.3. The largest absolute Gasteiger partial charge is 0.468 e. The van der Waals surface area contributed by atoms with Gasteiger partial charge in [0, 0.05) is 12.6 Å². The second-order valence-electron chi connectivity index (χ2n) is 4.51. The van der Waals surface area contributed by atoms with Crippen LogP contribution in [0, 0.1) is 5.92 Å². The van der Waals surface area contributed by atoms with Crippen molar-refractivity contribution in [1.82, 2.24) is 5.32 Å². The van der Waals surface area contributed by atoms with Crippen LogP contribution in [0.3, 0.4) is 0 Å². The van der Waals surface area contributed by atoms with E-state index in [-0.39, 0.29) is 12.6 Å². The van der Waals surface area contributed by atoms with E-state index in [9.17, 15) is 0 Å². The van der Waals surface area contributed by atoms with Crippen molar-refractivity contribution in [1.29, 1.82) is 0 Å². The van der Waals surface area contributed by atoms with Gasteiger partial charge in [-0.25, -0.2) is 0 Å². The zero-order valence-electron chi connectivity index (χ0n) is 10.4. The Morgan fingerprint density at radius 2 is 2.19 bits per heavy atom. The molecule has 0 aliphatic carbocycles. The predicted molar refractivity (Wildman–Crippen MR) is 65.2 cm³/mol. The van der Waals surface area contributed by atoms with Crippen molar-refractivity contribution in [2.24, 2.45) is 5.92 Å². The third-order valence-corrected chi connectivity index (χ3v) is 2.95. The Bertz CT molecular complexity index is 269. The number of nitrogens with one attached hydrogen (secondary N) is 1. The summed E-state index contributed by atoms with van der Waals surface area (Å²) in [5, 5.41) is 12.6. The average Bonchev–Trinajstić information content (AvgIpc) is 2.77. The fourth-order valence-corrected chi connectivity index (χ4v) is 1.90. The van der Waals surface area contributed by atoms with Gasteiger partial charge in [0.05, 0.1) is 12.3 Å². The third-order valence-electron chi connectivity index (χ3n) is 2.95. The van der Waals surface area contributed by atoms with Crippen LogP contribution >= 0.6 is 0 Å². The molecule has 1 aromatic heterocycles. The maximum atomic E-state index is 9.04. The van der Waals surface area contributed by atoms with Crippen LogP contribution in [0.1, 0.15) is 45.4 Å². The van der Waals surface area contributed by atoms with Gasteiger partial charge in [-0.1, -0.05) is 20.8 Å². The molecule has 1 rings (SSSR count). The Morgan fingerprint density at radius 1 is 1.44 bits per heavy atom. The number of hydrogen-bond donors (Lipinski definition) is 2. The summed E-state index contributed by atoms with van der Waals surface area (Å²) in [5.74, 6) is 1.49. The Labute approximate surface area is 97.9 Å². The summed E-state index contributed by atoms with van der Waals surface area (Å²) < 4.78 is 5.42. The fraction of sp³-hybridized carbons (Fsp3) is 0.692. The lowest BCUT2D eigenvalue weighted by Crippen LogP contribution is -2.37. The monoisotopic (exact) mass is 225 g/mol. The van der Waals surface area contributed by atoms with E-state index in [1.165, 1.54) is 0 Å². The molecule has 0 bridgehead atoms. The SMILES string of the molecule is CCC(NC(CCO)C(C)C)c1ccco1. The smallest absolute Gasteiger partial charge is 0.120 e. The molecule has 0 fully saturated rings. The number of aliphatic hydroxyl groups is 1. The summed E-state index contributed by atoms with van der Waals surface area (Å²) in [5.41, 5.74) is 0. The van der Waals surface area contributed by atoms with Crippen LogP contribution < -0.4 is 5.32 Å². The van der Waals surface area contributed by atoms with Crippen LogP contribution in [0.25, 0.3) is 0 Å². The van der Waals surface area contributed by atoms with Crippen molar-refractivity contribution in [3.63, 3.8) is 0 Å². The molecule has 0 radical (unpaired) electrons. The second kappa shape index (κ2) is 6.71. The van der Waals surface area contributed by atoms with E-state index < -0.39 is 0 Å². The van der Waals surface area contributed by atoms with Crippen LogP contribution in [-0.4, -0.2) is 17.8 Å². The molecule has 0 aliphatic heterocycles. The highest BCUT2D eigenvalue weighted by molar-refractivity contribution is 5.04. The second-order valence-corrected chi connectivity index (χ2v) is 4.51. The summed E-state index contributed by atoms with van der Waals surface area (Å²) in [6, 6.07) is 4.49. The molecular formula is C13H23NO2. The fourth-order valence-electron chi connectivity index (χ4n) is 1.90.